The van der Waals surface area contributed by atoms with Gasteiger partial charge in [0.25, 0.3) is 0 Å². The van der Waals surface area contributed by atoms with Gasteiger partial charge in [-0.1, -0.05) is 18.2 Å². The lowest BCUT2D eigenvalue weighted by molar-refractivity contribution is 0.276. The zero-order chi connectivity index (χ0) is 11.7. The third kappa shape index (κ3) is 1.76. The molecule has 0 aliphatic carbocycles. The molecule has 0 fully saturated rings. The highest BCUT2D eigenvalue weighted by Gasteiger charge is 2.20. The summed E-state index contributed by atoms with van der Waals surface area (Å²) in [7, 11) is 0. The number of aromatic nitrogens is 2. The molecule has 17 heavy (non-hydrogen) atoms. The van der Waals surface area contributed by atoms with Crippen LogP contribution in [0.15, 0.2) is 36.7 Å². The lowest BCUT2D eigenvalue weighted by Crippen LogP contribution is -2.15. The third-order valence-corrected chi connectivity index (χ3v) is 3.02. The Morgan fingerprint density at radius 3 is 2.82 bits per heavy atom. The second-order valence-corrected chi connectivity index (χ2v) is 4.05. The van der Waals surface area contributed by atoms with Crippen molar-refractivity contribution in [3.8, 4) is 0 Å². The maximum Gasteiger partial charge on any atom is 0.151 e. The molecule has 0 radical (unpaired) electrons. The highest BCUT2D eigenvalue weighted by Crippen LogP contribution is 2.32. The summed E-state index contributed by atoms with van der Waals surface area (Å²) in [5, 5.41) is 8.94. The summed E-state index contributed by atoms with van der Waals surface area (Å²) in [6, 6.07) is 8.34. The fourth-order valence-electron chi connectivity index (χ4n) is 2.15. The van der Waals surface area contributed by atoms with E-state index in [1.165, 1.54) is 11.3 Å². The van der Waals surface area contributed by atoms with Crippen molar-refractivity contribution in [2.24, 2.45) is 0 Å². The lowest BCUT2D eigenvalue weighted by atomic mass is 10.2. The zero-order valence-corrected chi connectivity index (χ0v) is 9.37. The quantitative estimate of drug-likeness (QED) is 0.847. The van der Waals surface area contributed by atoms with Crippen LogP contribution in [0.1, 0.15) is 11.3 Å². The van der Waals surface area contributed by atoms with E-state index in [9.17, 15) is 0 Å². The van der Waals surface area contributed by atoms with Gasteiger partial charge in [-0.15, -0.1) is 0 Å². The van der Waals surface area contributed by atoms with Gasteiger partial charge in [-0.3, -0.25) is 4.98 Å². The molecule has 3 rings (SSSR count). The molecule has 0 spiro atoms. The first-order valence-corrected chi connectivity index (χ1v) is 5.66. The zero-order valence-electron chi connectivity index (χ0n) is 9.37. The van der Waals surface area contributed by atoms with Crippen LogP contribution in [0.2, 0.25) is 0 Å². The van der Waals surface area contributed by atoms with E-state index in [-0.39, 0.29) is 6.61 Å². The Balaban J connectivity index is 1.95. The number of anilines is 2. The van der Waals surface area contributed by atoms with Gasteiger partial charge in [-0.2, -0.15) is 0 Å². The van der Waals surface area contributed by atoms with Crippen molar-refractivity contribution in [3.05, 3.63) is 47.9 Å². The first-order chi connectivity index (χ1) is 8.38. The van der Waals surface area contributed by atoms with Crippen molar-refractivity contribution in [1.82, 2.24) is 9.97 Å². The van der Waals surface area contributed by atoms with Crippen LogP contribution < -0.4 is 4.90 Å². The molecule has 86 valence electrons. The second-order valence-electron chi connectivity index (χ2n) is 4.05. The largest absolute Gasteiger partial charge is 0.390 e. The molecule has 0 bridgehead atoms. The van der Waals surface area contributed by atoms with Gasteiger partial charge in [-0.25, -0.2) is 4.98 Å². The van der Waals surface area contributed by atoms with Gasteiger partial charge < -0.3 is 10.0 Å². The van der Waals surface area contributed by atoms with Gasteiger partial charge in [0.2, 0.25) is 0 Å². The number of hydrogen-bond acceptors (Lipinski definition) is 4. The number of rotatable bonds is 2. The minimum absolute atomic E-state index is 0.0656. The predicted molar refractivity (Wildman–Crippen MR) is 65.1 cm³/mol. The molecular formula is C13H13N3O. The molecule has 4 heteroatoms. The summed E-state index contributed by atoms with van der Waals surface area (Å²) in [5.74, 6) is 0.840. The normalized spacial score (nSPS) is 13.8. The fraction of sp³-hybridized carbons (Fsp3) is 0.231. The van der Waals surface area contributed by atoms with Crippen LogP contribution in [0.5, 0.6) is 0 Å². The number of nitrogens with zero attached hydrogens (tertiary/aromatic N) is 3. The van der Waals surface area contributed by atoms with Gasteiger partial charge in [0.05, 0.1) is 24.7 Å². The Hall–Kier alpha value is -1.94. The molecule has 1 N–H and O–H groups in total. The Morgan fingerprint density at radius 1 is 1.18 bits per heavy atom. The standard InChI is InChI=1S/C13H13N3O/c17-9-11-7-15-13(8-14-11)16-6-5-10-3-1-2-4-12(10)16/h1-4,7-8,17H,5-6,9H2. The molecule has 4 nitrogen and oxygen atoms in total. The van der Waals surface area contributed by atoms with E-state index < -0.39 is 0 Å². The first-order valence-electron chi connectivity index (χ1n) is 5.66. The van der Waals surface area contributed by atoms with Crippen LogP contribution in [-0.4, -0.2) is 21.6 Å². The molecule has 1 aliphatic heterocycles. The number of benzene rings is 1. The van der Waals surface area contributed by atoms with E-state index in [1.807, 2.05) is 6.07 Å². The molecule has 0 saturated heterocycles. The number of fused-ring (bicyclic) bond motifs is 1. The van der Waals surface area contributed by atoms with E-state index in [2.05, 4.69) is 33.1 Å². The first kappa shape index (κ1) is 10.2. The van der Waals surface area contributed by atoms with E-state index >= 15 is 0 Å². The summed E-state index contributed by atoms with van der Waals surface area (Å²) in [6.45, 7) is 0.871. The van der Waals surface area contributed by atoms with Crippen molar-refractivity contribution in [2.75, 3.05) is 11.4 Å². The third-order valence-electron chi connectivity index (χ3n) is 3.02. The molecule has 0 amide bonds. The SMILES string of the molecule is OCc1cnc(N2CCc3ccccc32)cn1. The summed E-state index contributed by atoms with van der Waals surface area (Å²) >= 11 is 0. The number of aliphatic hydroxyl groups is 1. The molecule has 2 heterocycles. The molecule has 0 saturated carbocycles. The van der Waals surface area contributed by atoms with Gasteiger partial charge in [-0.05, 0) is 18.1 Å². The van der Waals surface area contributed by atoms with Gasteiger partial charge >= 0.3 is 0 Å². The van der Waals surface area contributed by atoms with Gasteiger partial charge in [0.15, 0.2) is 5.82 Å². The molecule has 0 atom stereocenters. The maximum absolute atomic E-state index is 8.94. The summed E-state index contributed by atoms with van der Waals surface area (Å²) in [6.07, 6.45) is 4.38. The topological polar surface area (TPSA) is 49.3 Å². The van der Waals surface area contributed by atoms with Crippen LogP contribution in [0.3, 0.4) is 0 Å². The van der Waals surface area contributed by atoms with E-state index in [4.69, 9.17) is 5.11 Å². The van der Waals surface area contributed by atoms with Crippen LogP contribution >= 0.6 is 0 Å². The van der Waals surface area contributed by atoms with E-state index in [0.29, 0.717) is 5.69 Å². The Morgan fingerprint density at radius 2 is 2.06 bits per heavy atom. The molecular weight excluding hydrogens is 214 g/mol. The number of hydrogen-bond donors (Lipinski definition) is 1. The monoisotopic (exact) mass is 227 g/mol. The van der Waals surface area contributed by atoms with Crippen LogP contribution in [-0.2, 0) is 13.0 Å². The Bertz CT molecular complexity index is 524. The second kappa shape index (κ2) is 4.14. The summed E-state index contributed by atoms with van der Waals surface area (Å²) in [4.78, 5) is 10.7. The van der Waals surface area contributed by atoms with Crippen LogP contribution in [0, 0.1) is 0 Å². The fourth-order valence-corrected chi connectivity index (χ4v) is 2.15. The molecule has 1 aromatic heterocycles. The average Bonchev–Trinajstić information content (AvgIpc) is 2.83. The van der Waals surface area contributed by atoms with E-state index in [0.717, 1.165) is 18.8 Å². The average molecular weight is 227 g/mol. The highest BCUT2D eigenvalue weighted by atomic mass is 16.3. The minimum atomic E-state index is -0.0656. The highest BCUT2D eigenvalue weighted by molar-refractivity contribution is 5.66. The molecule has 0 unspecified atom stereocenters. The number of aliphatic hydroxyl groups excluding tert-OH is 1. The van der Waals surface area contributed by atoms with Crippen LogP contribution in [0.25, 0.3) is 0 Å². The smallest absolute Gasteiger partial charge is 0.151 e. The van der Waals surface area contributed by atoms with Gasteiger partial charge in [0.1, 0.15) is 0 Å². The molecule has 1 aromatic carbocycles. The molecule has 1 aliphatic rings. The summed E-state index contributed by atoms with van der Waals surface area (Å²) in [5.41, 5.74) is 3.15. The van der Waals surface area contributed by atoms with Crippen LogP contribution in [0.4, 0.5) is 11.5 Å². The van der Waals surface area contributed by atoms with Crippen molar-refractivity contribution in [1.29, 1.82) is 0 Å². The minimum Gasteiger partial charge on any atom is -0.390 e. The van der Waals surface area contributed by atoms with Crippen molar-refractivity contribution in [3.63, 3.8) is 0 Å². The maximum atomic E-state index is 8.94. The predicted octanol–water partition coefficient (Wildman–Crippen LogP) is 1.66. The van der Waals surface area contributed by atoms with Gasteiger partial charge in [0, 0.05) is 12.2 Å². The Kier molecular flexibility index (Phi) is 2.49. The van der Waals surface area contributed by atoms with Crippen molar-refractivity contribution < 1.29 is 5.11 Å². The van der Waals surface area contributed by atoms with Crippen molar-refractivity contribution >= 4 is 11.5 Å². The Labute approximate surface area is 99.6 Å². The lowest BCUT2D eigenvalue weighted by Gasteiger charge is -2.17. The van der Waals surface area contributed by atoms with E-state index in [1.54, 1.807) is 12.4 Å². The van der Waals surface area contributed by atoms with Crippen molar-refractivity contribution in [2.45, 2.75) is 13.0 Å². The number of para-hydroxylation sites is 1. The molecule has 2 aromatic rings. The summed E-state index contributed by atoms with van der Waals surface area (Å²) < 4.78 is 0.